The molecule has 0 atom stereocenters. The van der Waals surface area contributed by atoms with Crippen LogP contribution >= 0.6 is 23.2 Å². The molecule has 2 nitrogen and oxygen atoms in total. The number of aromatic nitrogens is 2. The zero-order chi connectivity index (χ0) is 12.4. The summed E-state index contributed by atoms with van der Waals surface area (Å²) in [4.78, 5) is 0. The van der Waals surface area contributed by atoms with Crippen LogP contribution in [0.25, 0.3) is 5.69 Å². The first kappa shape index (κ1) is 12.5. The van der Waals surface area contributed by atoms with Gasteiger partial charge >= 0.3 is 0 Å². The maximum absolute atomic E-state index is 5.95. The lowest BCUT2D eigenvalue weighted by molar-refractivity contribution is 0.766. The van der Waals surface area contributed by atoms with E-state index in [9.17, 15) is 0 Å². The highest BCUT2D eigenvalue weighted by molar-refractivity contribution is 6.30. The summed E-state index contributed by atoms with van der Waals surface area (Å²) in [6.07, 6.45) is 1.95. The molecule has 0 aliphatic rings. The molecule has 1 aromatic heterocycles. The van der Waals surface area contributed by atoms with Gasteiger partial charge in [0.15, 0.2) is 0 Å². The van der Waals surface area contributed by atoms with E-state index in [0.29, 0.717) is 16.8 Å². The van der Waals surface area contributed by atoms with Crippen molar-refractivity contribution >= 4 is 23.2 Å². The van der Waals surface area contributed by atoms with E-state index in [1.54, 1.807) is 0 Å². The molecule has 0 aliphatic carbocycles. The number of benzene rings is 1. The molecule has 90 valence electrons. The molecule has 2 aromatic rings. The average Bonchev–Trinajstić information content (AvgIpc) is 2.78. The third-order valence-electron chi connectivity index (χ3n) is 2.63. The van der Waals surface area contributed by atoms with Gasteiger partial charge in [0.1, 0.15) is 0 Å². The van der Waals surface area contributed by atoms with Gasteiger partial charge in [-0.1, -0.05) is 25.4 Å². The Labute approximate surface area is 111 Å². The van der Waals surface area contributed by atoms with Crippen molar-refractivity contribution in [3.63, 3.8) is 0 Å². The maximum Gasteiger partial charge on any atom is 0.0690 e. The molecule has 0 saturated carbocycles. The minimum atomic E-state index is 0.419. The summed E-state index contributed by atoms with van der Waals surface area (Å²) in [5.41, 5.74) is 3.04. The van der Waals surface area contributed by atoms with Gasteiger partial charge < -0.3 is 0 Å². The van der Waals surface area contributed by atoms with Crippen LogP contribution in [0, 0.1) is 0 Å². The van der Waals surface area contributed by atoms with Crippen molar-refractivity contribution in [2.45, 2.75) is 25.6 Å². The van der Waals surface area contributed by atoms with E-state index in [2.05, 4.69) is 18.9 Å². The normalized spacial score (nSPS) is 11.1. The standard InChI is InChI=1S/C13H14Cl2N2/c1-9(2)12-5-6-17(16-12)13-4-3-11(15)7-10(13)8-14/h3-7,9H,8H2,1-2H3. The van der Waals surface area contributed by atoms with Crippen LogP contribution in [0.4, 0.5) is 0 Å². The third-order valence-corrected chi connectivity index (χ3v) is 3.16. The van der Waals surface area contributed by atoms with Crippen LogP contribution in [0.1, 0.15) is 31.0 Å². The Kier molecular flexibility index (Phi) is 3.75. The largest absolute Gasteiger partial charge is 0.240 e. The van der Waals surface area contributed by atoms with Crippen molar-refractivity contribution in [2.24, 2.45) is 0 Å². The zero-order valence-corrected chi connectivity index (χ0v) is 11.3. The lowest BCUT2D eigenvalue weighted by Gasteiger charge is -2.08. The lowest BCUT2D eigenvalue weighted by Crippen LogP contribution is -2.00. The Hall–Kier alpha value is -0.990. The fourth-order valence-corrected chi connectivity index (χ4v) is 2.07. The van der Waals surface area contributed by atoms with E-state index in [1.165, 1.54) is 0 Å². The summed E-state index contributed by atoms with van der Waals surface area (Å²) in [6, 6.07) is 7.69. The Morgan fingerprint density at radius 1 is 1.29 bits per heavy atom. The molecule has 0 aliphatic heterocycles. The van der Waals surface area contributed by atoms with E-state index >= 15 is 0 Å². The molecular weight excluding hydrogens is 255 g/mol. The molecule has 0 amide bonds. The maximum atomic E-state index is 5.95. The van der Waals surface area contributed by atoms with Gasteiger partial charge in [-0.25, -0.2) is 4.68 Å². The van der Waals surface area contributed by atoms with Crippen LogP contribution in [0.5, 0.6) is 0 Å². The van der Waals surface area contributed by atoms with E-state index < -0.39 is 0 Å². The van der Waals surface area contributed by atoms with Gasteiger partial charge in [0.25, 0.3) is 0 Å². The molecule has 0 saturated heterocycles. The number of nitrogens with zero attached hydrogens (tertiary/aromatic N) is 2. The molecule has 0 fully saturated rings. The SMILES string of the molecule is CC(C)c1ccn(-c2ccc(Cl)cc2CCl)n1. The number of hydrogen-bond acceptors (Lipinski definition) is 1. The second-order valence-electron chi connectivity index (χ2n) is 4.25. The van der Waals surface area contributed by atoms with E-state index in [1.807, 2.05) is 35.1 Å². The van der Waals surface area contributed by atoms with Gasteiger partial charge in [-0.15, -0.1) is 11.6 Å². The summed E-state index contributed by atoms with van der Waals surface area (Å²) in [5.74, 6) is 0.843. The number of halogens is 2. The van der Waals surface area contributed by atoms with Crippen molar-refractivity contribution in [3.8, 4) is 5.69 Å². The van der Waals surface area contributed by atoms with Crippen LogP contribution in [-0.2, 0) is 5.88 Å². The van der Waals surface area contributed by atoms with Crippen molar-refractivity contribution in [1.29, 1.82) is 0 Å². The molecule has 1 aromatic carbocycles. The topological polar surface area (TPSA) is 17.8 Å². The van der Waals surface area contributed by atoms with Crippen LogP contribution in [0.2, 0.25) is 5.02 Å². The van der Waals surface area contributed by atoms with Gasteiger partial charge in [-0.2, -0.15) is 5.10 Å². The Morgan fingerprint density at radius 3 is 2.65 bits per heavy atom. The first-order chi connectivity index (χ1) is 8.11. The Bertz CT molecular complexity index is 518. The Balaban J connectivity index is 2.44. The van der Waals surface area contributed by atoms with Crippen LogP contribution in [-0.4, -0.2) is 9.78 Å². The predicted octanol–water partition coefficient (Wildman–Crippen LogP) is 4.39. The summed E-state index contributed by atoms with van der Waals surface area (Å²) in [7, 11) is 0. The number of alkyl halides is 1. The fraction of sp³-hybridized carbons (Fsp3) is 0.308. The van der Waals surface area contributed by atoms with Gasteiger partial charge in [0, 0.05) is 17.1 Å². The highest BCUT2D eigenvalue weighted by atomic mass is 35.5. The summed E-state index contributed by atoms with van der Waals surface area (Å²) in [6.45, 7) is 4.24. The molecule has 0 bridgehead atoms. The number of rotatable bonds is 3. The molecule has 0 radical (unpaired) electrons. The molecule has 1 heterocycles. The van der Waals surface area contributed by atoms with Crippen molar-refractivity contribution < 1.29 is 0 Å². The van der Waals surface area contributed by atoms with E-state index in [0.717, 1.165) is 16.9 Å². The van der Waals surface area contributed by atoms with Gasteiger partial charge in [-0.05, 0) is 35.7 Å². The van der Waals surface area contributed by atoms with Crippen LogP contribution < -0.4 is 0 Å². The number of hydrogen-bond donors (Lipinski definition) is 0. The first-order valence-electron chi connectivity index (χ1n) is 5.52. The second-order valence-corrected chi connectivity index (χ2v) is 4.95. The molecular formula is C13H14Cl2N2. The lowest BCUT2D eigenvalue weighted by atomic mass is 10.1. The second kappa shape index (κ2) is 5.11. The van der Waals surface area contributed by atoms with Crippen molar-refractivity contribution in [2.75, 3.05) is 0 Å². The van der Waals surface area contributed by atoms with Gasteiger partial charge in [-0.3, -0.25) is 0 Å². The predicted molar refractivity (Wildman–Crippen MR) is 72.2 cm³/mol. The minimum Gasteiger partial charge on any atom is -0.240 e. The van der Waals surface area contributed by atoms with Crippen molar-refractivity contribution in [3.05, 3.63) is 46.7 Å². The van der Waals surface area contributed by atoms with Crippen LogP contribution in [0.3, 0.4) is 0 Å². The Morgan fingerprint density at radius 2 is 2.06 bits per heavy atom. The molecule has 4 heteroatoms. The quantitative estimate of drug-likeness (QED) is 0.756. The van der Waals surface area contributed by atoms with Gasteiger partial charge in [0.05, 0.1) is 11.4 Å². The van der Waals surface area contributed by atoms with E-state index in [4.69, 9.17) is 23.2 Å². The van der Waals surface area contributed by atoms with Gasteiger partial charge in [0.2, 0.25) is 0 Å². The fourth-order valence-electron chi connectivity index (χ4n) is 1.66. The molecule has 2 rings (SSSR count). The molecule has 17 heavy (non-hydrogen) atoms. The van der Waals surface area contributed by atoms with E-state index in [-0.39, 0.29) is 0 Å². The smallest absolute Gasteiger partial charge is 0.0690 e. The monoisotopic (exact) mass is 268 g/mol. The minimum absolute atomic E-state index is 0.419. The summed E-state index contributed by atoms with van der Waals surface area (Å²) < 4.78 is 1.85. The zero-order valence-electron chi connectivity index (χ0n) is 9.82. The average molecular weight is 269 g/mol. The first-order valence-corrected chi connectivity index (χ1v) is 6.43. The third kappa shape index (κ3) is 2.64. The highest BCUT2D eigenvalue weighted by Gasteiger charge is 2.08. The molecule has 0 N–H and O–H groups in total. The van der Waals surface area contributed by atoms with Crippen molar-refractivity contribution in [1.82, 2.24) is 9.78 Å². The summed E-state index contributed by atoms with van der Waals surface area (Å²) >= 11 is 11.9. The highest BCUT2D eigenvalue weighted by Crippen LogP contribution is 2.22. The van der Waals surface area contributed by atoms with Crippen LogP contribution in [0.15, 0.2) is 30.5 Å². The molecule has 0 spiro atoms. The molecule has 0 unspecified atom stereocenters. The summed E-state index contributed by atoms with van der Waals surface area (Å²) in [5, 5.41) is 5.23.